The summed E-state index contributed by atoms with van der Waals surface area (Å²) in [6, 6.07) is 13.0. The Kier molecular flexibility index (Phi) is 10.9. The number of thioether (sulfide) groups is 1. The number of hydrogen-bond donors (Lipinski definition) is 1. The third-order valence-corrected chi connectivity index (χ3v) is 6.91. The molecule has 0 fully saturated rings. The molecule has 2 atom stereocenters. The van der Waals surface area contributed by atoms with Crippen molar-refractivity contribution in [3.8, 4) is 0 Å². The van der Waals surface area contributed by atoms with Gasteiger partial charge in [0.05, 0.1) is 5.75 Å². The van der Waals surface area contributed by atoms with Crippen molar-refractivity contribution in [2.75, 3.05) is 5.75 Å². The maximum atomic E-state index is 13.3. The number of aryl methyl sites for hydroxylation is 1. The van der Waals surface area contributed by atoms with E-state index < -0.39 is 6.04 Å². The Morgan fingerprint density at radius 3 is 2.34 bits per heavy atom. The van der Waals surface area contributed by atoms with E-state index in [0.717, 1.165) is 23.1 Å². The average molecular weight is 496 g/mol. The van der Waals surface area contributed by atoms with Gasteiger partial charge in [-0.25, -0.2) is 0 Å². The molecule has 32 heavy (non-hydrogen) atoms. The van der Waals surface area contributed by atoms with E-state index in [0.29, 0.717) is 28.8 Å². The second-order valence-corrected chi connectivity index (χ2v) is 9.81. The number of nitrogens with zero attached hydrogens (tertiary/aromatic N) is 1. The van der Waals surface area contributed by atoms with Crippen molar-refractivity contribution < 1.29 is 9.59 Å². The molecule has 2 aromatic rings. The molecule has 0 saturated heterocycles. The second-order valence-electron chi connectivity index (χ2n) is 7.98. The molecule has 174 valence electrons. The van der Waals surface area contributed by atoms with Crippen LogP contribution in [0.2, 0.25) is 10.0 Å². The van der Waals surface area contributed by atoms with Gasteiger partial charge in [-0.1, -0.05) is 72.9 Å². The molecule has 0 heterocycles. The Morgan fingerprint density at radius 2 is 1.75 bits per heavy atom. The van der Waals surface area contributed by atoms with Crippen molar-refractivity contribution in [3.63, 3.8) is 0 Å². The van der Waals surface area contributed by atoms with Gasteiger partial charge in [-0.3, -0.25) is 9.59 Å². The van der Waals surface area contributed by atoms with E-state index in [4.69, 9.17) is 23.2 Å². The molecule has 0 aliphatic heterocycles. The van der Waals surface area contributed by atoms with Gasteiger partial charge in [0.15, 0.2) is 0 Å². The minimum atomic E-state index is -0.516. The van der Waals surface area contributed by atoms with Crippen molar-refractivity contribution in [1.82, 2.24) is 10.2 Å². The lowest BCUT2D eigenvalue weighted by molar-refractivity contribution is -0.139. The van der Waals surface area contributed by atoms with Gasteiger partial charge in [-0.15, -0.1) is 11.8 Å². The summed E-state index contributed by atoms with van der Waals surface area (Å²) in [6.45, 7) is 8.37. The third kappa shape index (κ3) is 8.02. The molecule has 2 unspecified atom stereocenters. The smallest absolute Gasteiger partial charge is 0.243 e. The summed E-state index contributed by atoms with van der Waals surface area (Å²) in [5, 5.41) is 4.21. The zero-order valence-electron chi connectivity index (χ0n) is 19.2. The molecule has 2 rings (SSSR count). The van der Waals surface area contributed by atoms with Crippen LogP contribution in [-0.2, 0) is 21.9 Å². The molecule has 0 radical (unpaired) electrons. The number of halogens is 2. The van der Waals surface area contributed by atoms with Gasteiger partial charge in [0.25, 0.3) is 0 Å². The maximum Gasteiger partial charge on any atom is 0.243 e. The van der Waals surface area contributed by atoms with Crippen molar-refractivity contribution in [3.05, 3.63) is 69.2 Å². The highest BCUT2D eigenvalue weighted by molar-refractivity contribution is 7.99. The second kappa shape index (κ2) is 13.1. The predicted octanol–water partition coefficient (Wildman–Crippen LogP) is 6.26. The Balaban J connectivity index is 2.14. The Labute approximate surface area is 206 Å². The van der Waals surface area contributed by atoms with E-state index in [1.165, 1.54) is 11.8 Å². The molecule has 0 bridgehead atoms. The fraction of sp³-hybridized carbons (Fsp3) is 0.440. The van der Waals surface area contributed by atoms with Crippen LogP contribution in [0.1, 0.15) is 50.3 Å². The van der Waals surface area contributed by atoms with Crippen LogP contribution in [-0.4, -0.2) is 34.6 Å². The maximum absolute atomic E-state index is 13.3. The number of carbonyl (C=O) groups excluding carboxylic acids is 2. The molecule has 0 spiro atoms. The summed E-state index contributed by atoms with van der Waals surface area (Å²) in [5.41, 5.74) is 3.09. The highest BCUT2D eigenvalue weighted by Gasteiger charge is 2.29. The van der Waals surface area contributed by atoms with E-state index in [1.807, 2.05) is 58.0 Å². The van der Waals surface area contributed by atoms with Crippen LogP contribution in [0.15, 0.2) is 42.5 Å². The van der Waals surface area contributed by atoms with Crippen LogP contribution in [0.5, 0.6) is 0 Å². The predicted molar refractivity (Wildman–Crippen MR) is 136 cm³/mol. The standard InChI is InChI=1S/C25H32Cl2N2O2S/c1-5-18(4)28-25(31)23(6-2)29(14-19-9-7-17(3)8-10-19)24(30)16-32-15-20-11-12-21(26)13-22(20)27/h7-13,18,23H,5-6,14-16H2,1-4H3,(H,28,31). The van der Waals surface area contributed by atoms with Gasteiger partial charge in [-0.05, 0) is 49.9 Å². The number of carbonyl (C=O) groups is 2. The summed E-state index contributed by atoms with van der Waals surface area (Å²) < 4.78 is 0. The molecule has 2 aromatic carbocycles. The van der Waals surface area contributed by atoms with Gasteiger partial charge in [0.1, 0.15) is 6.04 Å². The molecule has 0 aliphatic carbocycles. The lowest BCUT2D eigenvalue weighted by Gasteiger charge is -2.31. The highest BCUT2D eigenvalue weighted by Crippen LogP contribution is 2.25. The molecule has 0 aromatic heterocycles. The Morgan fingerprint density at radius 1 is 1.06 bits per heavy atom. The van der Waals surface area contributed by atoms with E-state index in [9.17, 15) is 9.59 Å². The lowest BCUT2D eigenvalue weighted by atomic mass is 10.1. The van der Waals surface area contributed by atoms with Crippen LogP contribution < -0.4 is 5.32 Å². The van der Waals surface area contributed by atoms with Crippen molar-refractivity contribution in [1.29, 1.82) is 0 Å². The third-order valence-electron chi connectivity index (χ3n) is 5.36. The molecule has 4 nitrogen and oxygen atoms in total. The van der Waals surface area contributed by atoms with Crippen LogP contribution in [0.25, 0.3) is 0 Å². The van der Waals surface area contributed by atoms with Crippen molar-refractivity contribution in [2.24, 2.45) is 0 Å². The minimum absolute atomic E-state index is 0.0631. The molecule has 0 aliphatic rings. The quantitative estimate of drug-likeness (QED) is 0.401. The molecular weight excluding hydrogens is 463 g/mol. The van der Waals surface area contributed by atoms with Gasteiger partial charge < -0.3 is 10.2 Å². The fourth-order valence-electron chi connectivity index (χ4n) is 3.22. The average Bonchev–Trinajstić information content (AvgIpc) is 2.76. The van der Waals surface area contributed by atoms with Crippen LogP contribution in [0.3, 0.4) is 0 Å². The Hall–Kier alpha value is -1.69. The first kappa shape index (κ1) is 26.6. The number of nitrogens with one attached hydrogen (secondary N) is 1. The number of benzene rings is 2. The summed E-state index contributed by atoms with van der Waals surface area (Å²) in [7, 11) is 0. The first-order valence-electron chi connectivity index (χ1n) is 10.9. The molecule has 1 N–H and O–H groups in total. The highest BCUT2D eigenvalue weighted by atomic mass is 35.5. The monoisotopic (exact) mass is 494 g/mol. The normalized spacial score (nSPS) is 12.8. The number of hydrogen-bond acceptors (Lipinski definition) is 3. The first-order chi connectivity index (χ1) is 15.2. The van der Waals surface area contributed by atoms with Gasteiger partial charge in [-0.2, -0.15) is 0 Å². The summed E-state index contributed by atoms with van der Waals surface area (Å²) in [4.78, 5) is 27.9. The minimum Gasteiger partial charge on any atom is -0.352 e. The molecular formula is C25H32Cl2N2O2S. The van der Waals surface area contributed by atoms with Crippen molar-refractivity contribution >= 4 is 46.8 Å². The number of amides is 2. The zero-order chi connectivity index (χ0) is 23.7. The van der Waals surface area contributed by atoms with Gasteiger partial charge in [0.2, 0.25) is 11.8 Å². The summed E-state index contributed by atoms with van der Waals surface area (Å²) in [5.74, 6) is 0.688. The summed E-state index contributed by atoms with van der Waals surface area (Å²) >= 11 is 13.7. The lowest BCUT2D eigenvalue weighted by Crippen LogP contribution is -2.51. The van der Waals surface area contributed by atoms with E-state index >= 15 is 0 Å². The van der Waals surface area contributed by atoms with E-state index in [1.54, 1.807) is 17.0 Å². The van der Waals surface area contributed by atoms with Crippen LogP contribution in [0.4, 0.5) is 0 Å². The largest absolute Gasteiger partial charge is 0.352 e. The SMILES string of the molecule is CCC(C)NC(=O)C(CC)N(Cc1ccc(C)cc1)C(=O)CSCc1ccc(Cl)cc1Cl. The summed E-state index contributed by atoms with van der Waals surface area (Å²) in [6.07, 6.45) is 1.39. The van der Waals surface area contributed by atoms with Gasteiger partial charge >= 0.3 is 0 Å². The zero-order valence-corrected chi connectivity index (χ0v) is 21.5. The molecule has 2 amide bonds. The first-order valence-corrected chi connectivity index (χ1v) is 12.8. The number of rotatable bonds is 11. The molecule has 7 heteroatoms. The van der Waals surface area contributed by atoms with E-state index in [-0.39, 0.29) is 23.6 Å². The van der Waals surface area contributed by atoms with E-state index in [2.05, 4.69) is 5.32 Å². The molecule has 0 saturated carbocycles. The topological polar surface area (TPSA) is 49.4 Å². The van der Waals surface area contributed by atoms with Gasteiger partial charge in [0, 0.05) is 28.4 Å². The van der Waals surface area contributed by atoms with Crippen LogP contribution >= 0.6 is 35.0 Å². The van der Waals surface area contributed by atoms with Crippen molar-refractivity contribution in [2.45, 2.75) is 64.9 Å². The Bertz CT molecular complexity index is 905. The fourth-order valence-corrected chi connectivity index (χ4v) is 4.69. The van der Waals surface area contributed by atoms with Crippen LogP contribution in [0, 0.1) is 6.92 Å².